The molecule has 3 aromatic rings. The maximum absolute atomic E-state index is 12.6. The first-order valence-electron chi connectivity index (χ1n) is 8.10. The van der Waals surface area contributed by atoms with Crippen molar-refractivity contribution in [2.24, 2.45) is 0 Å². The van der Waals surface area contributed by atoms with Crippen molar-refractivity contribution in [3.63, 3.8) is 0 Å². The van der Waals surface area contributed by atoms with Gasteiger partial charge in [-0.05, 0) is 35.2 Å². The summed E-state index contributed by atoms with van der Waals surface area (Å²) in [5.74, 6) is 0. The quantitative estimate of drug-likeness (QED) is 0.646. The lowest BCUT2D eigenvalue weighted by atomic mass is 9.87. The summed E-state index contributed by atoms with van der Waals surface area (Å²) in [5.41, 5.74) is 9.00. The van der Waals surface area contributed by atoms with Gasteiger partial charge in [-0.25, -0.2) is 13.4 Å². The molecule has 0 spiro atoms. The van der Waals surface area contributed by atoms with Gasteiger partial charge in [0.15, 0.2) is 5.13 Å². The molecule has 26 heavy (non-hydrogen) atoms. The second kappa shape index (κ2) is 6.74. The van der Waals surface area contributed by atoms with Crippen LogP contribution in [0.25, 0.3) is 11.3 Å². The molecule has 0 saturated carbocycles. The Kier molecular flexibility index (Phi) is 4.77. The summed E-state index contributed by atoms with van der Waals surface area (Å²) in [4.78, 5) is 4.58. The van der Waals surface area contributed by atoms with Crippen LogP contribution in [0.4, 0.5) is 10.8 Å². The van der Waals surface area contributed by atoms with Gasteiger partial charge in [-0.15, -0.1) is 11.3 Å². The topological polar surface area (TPSA) is 85.1 Å². The number of hydrogen-bond acceptors (Lipinski definition) is 5. The normalized spacial score (nSPS) is 12.1. The molecular formula is C19H21N3O2S2. The monoisotopic (exact) mass is 387 g/mol. The van der Waals surface area contributed by atoms with E-state index in [9.17, 15) is 8.42 Å². The maximum Gasteiger partial charge on any atom is 0.263 e. The Morgan fingerprint density at radius 3 is 2.19 bits per heavy atom. The van der Waals surface area contributed by atoms with Crippen molar-refractivity contribution in [1.82, 2.24) is 4.98 Å². The molecule has 0 atom stereocenters. The summed E-state index contributed by atoms with van der Waals surface area (Å²) in [6.07, 6.45) is 0. The predicted octanol–water partition coefficient (Wildman–Crippen LogP) is 4.49. The van der Waals surface area contributed by atoms with Crippen LogP contribution in [0.1, 0.15) is 26.3 Å². The van der Waals surface area contributed by atoms with Crippen LogP contribution in [0.2, 0.25) is 0 Å². The van der Waals surface area contributed by atoms with Gasteiger partial charge < -0.3 is 5.73 Å². The molecule has 0 bridgehead atoms. The Balaban J connectivity index is 1.81. The highest BCUT2D eigenvalue weighted by Crippen LogP contribution is 2.28. The maximum atomic E-state index is 12.6. The van der Waals surface area contributed by atoms with Gasteiger partial charge in [-0.1, -0.05) is 45.0 Å². The summed E-state index contributed by atoms with van der Waals surface area (Å²) in [5, 5.41) is 2.14. The standard InChI is InChI=1S/C19H21N3O2S2/c1-19(2,3)14-6-10-16(11-7-14)26(23,24)22-18-21-17(12-25-18)13-4-8-15(20)9-5-13/h4-12H,20H2,1-3H3,(H,21,22). The fraction of sp³-hybridized carbons (Fsp3) is 0.211. The molecule has 3 rings (SSSR count). The molecule has 1 heterocycles. The molecule has 3 N–H and O–H groups in total. The molecule has 0 aliphatic carbocycles. The largest absolute Gasteiger partial charge is 0.399 e. The van der Waals surface area contributed by atoms with E-state index in [0.717, 1.165) is 11.1 Å². The van der Waals surface area contributed by atoms with Crippen molar-refractivity contribution < 1.29 is 8.42 Å². The summed E-state index contributed by atoms with van der Waals surface area (Å²) in [6, 6.07) is 14.2. The van der Waals surface area contributed by atoms with Gasteiger partial charge >= 0.3 is 0 Å². The highest BCUT2D eigenvalue weighted by molar-refractivity contribution is 7.93. The molecular weight excluding hydrogens is 366 g/mol. The number of aromatic nitrogens is 1. The fourth-order valence-corrected chi connectivity index (χ4v) is 4.39. The number of sulfonamides is 1. The number of anilines is 2. The highest BCUT2D eigenvalue weighted by Gasteiger charge is 2.19. The van der Waals surface area contributed by atoms with Crippen molar-refractivity contribution in [3.8, 4) is 11.3 Å². The van der Waals surface area contributed by atoms with Gasteiger partial charge in [0.1, 0.15) is 0 Å². The highest BCUT2D eigenvalue weighted by atomic mass is 32.2. The van der Waals surface area contributed by atoms with Crippen molar-refractivity contribution in [2.75, 3.05) is 10.5 Å². The first-order chi connectivity index (χ1) is 12.1. The number of benzene rings is 2. The van der Waals surface area contributed by atoms with E-state index in [4.69, 9.17) is 5.73 Å². The second-order valence-corrected chi connectivity index (χ2v) is 9.58. The smallest absolute Gasteiger partial charge is 0.263 e. The van der Waals surface area contributed by atoms with Crippen LogP contribution < -0.4 is 10.5 Å². The van der Waals surface area contributed by atoms with E-state index in [2.05, 4.69) is 30.5 Å². The van der Waals surface area contributed by atoms with Gasteiger partial charge in [0.2, 0.25) is 0 Å². The summed E-state index contributed by atoms with van der Waals surface area (Å²) in [6.45, 7) is 6.26. The van der Waals surface area contributed by atoms with Gasteiger partial charge in [-0.3, -0.25) is 4.72 Å². The molecule has 7 heteroatoms. The zero-order valence-corrected chi connectivity index (χ0v) is 16.5. The molecule has 2 aromatic carbocycles. The summed E-state index contributed by atoms with van der Waals surface area (Å²) < 4.78 is 27.7. The van der Waals surface area contributed by atoms with Crippen LogP contribution in [-0.2, 0) is 15.4 Å². The molecule has 0 radical (unpaired) electrons. The molecule has 0 amide bonds. The van der Waals surface area contributed by atoms with Crippen molar-refractivity contribution in [2.45, 2.75) is 31.1 Å². The number of rotatable bonds is 4. The molecule has 0 aliphatic heterocycles. The molecule has 0 fully saturated rings. The first-order valence-corrected chi connectivity index (χ1v) is 10.5. The lowest BCUT2D eigenvalue weighted by molar-refractivity contribution is 0.587. The van der Waals surface area contributed by atoms with Crippen LogP contribution >= 0.6 is 11.3 Å². The Morgan fingerprint density at radius 2 is 1.62 bits per heavy atom. The Bertz CT molecular complexity index is 1000. The molecule has 0 saturated heterocycles. The van der Waals surface area contributed by atoms with E-state index in [1.807, 2.05) is 29.6 Å². The Hall–Kier alpha value is -2.38. The van der Waals surface area contributed by atoms with E-state index in [1.165, 1.54) is 11.3 Å². The van der Waals surface area contributed by atoms with Crippen LogP contribution in [-0.4, -0.2) is 13.4 Å². The number of thiazole rings is 1. The van der Waals surface area contributed by atoms with Gasteiger partial charge in [0, 0.05) is 16.6 Å². The van der Waals surface area contributed by atoms with Crippen LogP contribution in [0.5, 0.6) is 0 Å². The number of nitrogens with two attached hydrogens (primary N) is 1. The minimum Gasteiger partial charge on any atom is -0.399 e. The van der Waals surface area contributed by atoms with Crippen molar-refractivity contribution in [3.05, 3.63) is 59.5 Å². The van der Waals surface area contributed by atoms with E-state index < -0.39 is 10.0 Å². The SMILES string of the molecule is CC(C)(C)c1ccc(S(=O)(=O)Nc2nc(-c3ccc(N)cc3)cs2)cc1. The van der Waals surface area contributed by atoms with Gasteiger partial charge in [0.25, 0.3) is 10.0 Å². The third-order valence-corrected chi connectivity index (χ3v) is 6.20. The van der Waals surface area contributed by atoms with E-state index >= 15 is 0 Å². The van der Waals surface area contributed by atoms with Crippen LogP contribution in [0.15, 0.2) is 58.8 Å². The molecule has 0 aliphatic rings. The van der Waals surface area contributed by atoms with Crippen molar-refractivity contribution >= 4 is 32.2 Å². The first kappa shape index (κ1) is 18.4. The molecule has 5 nitrogen and oxygen atoms in total. The number of nitrogens with one attached hydrogen (secondary N) is 1. The lowest BCUT2D eigenvalue weighted by Gasteiger charge is -2.19. The molecule has 0 unspecified atom stereocenters. The lowest BCUT2D eigenvalue weighted by Crippen LogP contribution is -2.14. The van der Waals surface area contributed by atoms with Crippen LogP contribution in [0.3, 0.4) is 0 Å². The minimum absolute atomic E-state index is 0.0288. The van der Waals surface area contributed by atoms with Crippen LogP contribution in [0, 0.1) is 0 Å². The Labute approximate surface area is 158 Å². The third-order valence-electron chi connectivity index (χ3n) is 3.96. The average Bonchev–Trinajstić information content (AvgIpc) is 3.02. The fourth-order valence-electron chi connectivity index (χ4n) is 2.42. The van der Waals surface area contributed by atoms with Crippen molar-refractivity contribution in [1.29, 1.82) is 0 Å². The summed E-state index contributed by atoms with van der Waals surface area (Å²) in [7, 11) is -3.67. The van der Waals surface area contributed by atoms with E-state index in [-0.39, 0.29) is 10.3 Å². The predicted molar refractivity (Wildman–Crippen MR) is 108 cm³/mol. The third kappa shape index (κ3) is 4.05. The van der Waals surface area contributed by atoms with E-state index in [1.54, 1.807) is 24.3 Å². The minimum atomic E-state index is -3.67. The number of nitrogen functional groups attached to an aromatic ring is 1. The molecule has 1 aromatic heterocycles. The second-order valence-electron chi connectivity index (χ2n) is 7.04. The number of nitrogens with zero attached hydrogens (tertiary/aromatic N) is 1. The number of hydrogen-bond donors (Lipinski definition) is 2. The molecule has 136 valence electrons. The zero-order valence-electron chi connectivity index (χ0n) is 14.9. The van der Waals surface area contributed by atoms with Gasteiger partial charge in [0.05, 0.1) is 10.6 Å². The summed E-state index contributed by atoms with van der Waals surface area (Å²) >= 11 is 1.24. The zero-order chi connectivity index (χ0) is 18.9. The van der Waals surface area contributed by atoms with E-state index in [0.29, 0.717) is 16.5 Å². The average molecular weight is 388 g/mol. The Morgan fingerprint density at radius 1 is 1.00 bits per heavy atom. The van der Waals surface area contributed by atoms with Gasteiger partial charge in [-0.2, -0.15) is 0 Å².